The van der Waals surface area contributed by atoms with Gasteiger partial charge in [0.05, 0.1) is 11.3 Å². The van der Waals surface area contributed by atoms with Gasteiger partial charge in [0.15, 0.2) is 5.82 Å². The summed E-state index contributed by atoms with van der Waals surface area (Å²) in [7, 11) is 1.94. The minimum atomic E-state index is -0.620. The molecule has 108 valence electrons. The second kappa shape index (κ2) is 5.07. The van der Waals surface area contributed by atoms with E-state index in [-0.39, 0.29) is 0 Å². The summed E-state index contributed by atoms with van der Waals surface area (Å²) in [5, 5.41) is 13.5. The summed E-state index contributed by atoms with van der Waals surface area (Å²) in [4.78, 5) is 6.97. The molecule has 1 atom stereocenters. The number of pyridine rings is 1. The van der Waals surface area contributed by atoms with Crippen LogP contribution in [0.25, 0.3) is 5.65 Å². The van der Waals surface area contributed by atoms with Crippen LogP contribution in [0.3, 0.4) is 0 Å². The molecule has 0 amide bonds. The third kappa shape index (κ3) is 2.39. The zero-order valence-corrected chi connectivity index (χ0v) is 12.1. The van der Waals surface area contributed by atoms with Crippen molar-refractivity contribution in [3.8, 4) is 0 Å². The lowest BCUT2D eigenvalue weighted by Gasteiger charge is -2.37. The van der Waals surface area contributed by atoms with E-state index < -0.39 is 5.60 Å². The fourth-order valence-electron chi connectivity index (χ4n) is 3.02. The average molecular weight is 274 g/mol. The molecule has 0 aromatic carbocycles. The van der Waals surface area contributed by atoms with Crippen LogP contribution < -0.4 is 10.2 Å². The van der Waals surface area contributed by atoms with Crippen molar-refractivity contribution in [2.45, 2.75) is 31.9 Å². The number of hydrogen-bond donors (Lipinski definition) is 2. The first-order valence-corrected chi connectivity index (χ1v) is 7.19. The highest BCUT2D eigenvalue weighted by Gasteiger charge is 2.30. The van der Waals surface area contributed by atoms with Crippen molar-refractivity contribution < 1.29 is 5.11 Å². The minimum absolute atomic E-state index is 0.620. The molecule has 1 saturated heterocycles. The quantitative estimate of drug-likeness (QED) is 0.888. The van der Waals surface area contributed by atoms with Gasteiger partial charge in [-0.25, -0.2) is 4.98 Å². The highest BCUT2D eigenvalue weighted by Crippen LogP contribution is 2.28. The predicted octanol–water partition coefficient (Wildman–Crippen LogP) is 1.40. The van der Waals surface area contributed by atoms with E-state index in [9.17, 15) is 5.11 Å². The predicted molar refractivity (Wildman–Crippen MR) is 80.0 cm³/mol. The molecule has 0 radical (unpaired) electrons. The third-order valence-corrected chi connectivity index (χ3v) is 3.93. The molecule has 5 heteroatoms. The summed E-state index contributed by atoms with van der Waals surface area (Å²) < 4.78 is 2.12. The van der Waals surface area contributed by atoms with Gasteiger partial charge in [0, 0.05) is 25.8 Å². The Morgan fingerprint density at radius 2 is 2.30 bits per heavy atom. The van der Waals surface area contributed by atoms with Gasteiger partial charge in [-0.3, -0.25) is 0 Å². The number of nitrogens with zero attached hydrogens (tertiary/aromatic N) is 3. The summed E-state index contributed by atoms with van der Waals surface area (Å²) >= 11 is 0. The Morgan fingerprint density at radius 1 is 1.45 bits per heavy atom. The van der Waals surface area contributed by atoms with Gasteiger partial charge in [0.25, 0.3) is 0 Å². The van der Waals surface area contributed by atoms with Crippen LogP contribution in [-0.4, -0.2) is 40.2 Å². The number of hydrogen-bond acceptors (Lipinski definition) is 4. The topological polar surface area (TPSA) is 52.8 Å². The molecule has 20 heavy (non-hydrogen) atoms. The average Bonchev–Trinajstić information content (AvgIpc) is 2.77. The minimum Gasteiger partial charge on any atom is -0.388 e. The molecular formula is C15H22N4O. The maximum atomic E-state index is 10.3. The molecular weight excluding hydrogens is 252 g/mol. The Labute approximate surface area is 119 Å². The van der Waals surface area contributed by atoms with Gasteiger partial charge in [-0.2, -0.15) is 0 Å². The van der Waals surface area contributed by atoms with E-state index in [4.69, 9.17) is 4.98 Å². The summed E-state index contributed by atoms with van der Waals surface area (Å²) in [6, 6.07) is 6.04. The van der Waals surface area contributed by atoms with Crippen molar-refractivity contribution in [2.24, 2.45) is 0 Å². The van der Waals surface area contributed by atoms with Crippen molar-refractivity contribution in [3.63, 3.8) is 0 Å². The fourth-order valence-corrected chi connectivity index (χ4v) is 3.02. The fraction of sp³-hybridized carbons (Fsp3) is 0.533. The molecule has 3 rings (SSSR count). The number of aromatic nitrogens is 2. The normalized spacial score (nSPS) is 23.4. The van der Waals surface area contributed by atoms with Crippen LogP contribution in [0, 0.1) is 0 Å². The summed E-state index contributed by atoms with van der Waals surface area (Å²) in [5.74, 6) is 0.991. The van der Waals surface area contributed by atoms with Crippen molar-refractivity contribution >= 4 is 11.5 Å². The lowest BCUT2D eigenvalue weighted by molar-refractivity contribution is 0.0447. The van der Waals surface area contributed by atoms with Gasteiger partial charge < -0.3 is 19.7 Å². The Balaban J connectivity index is 2.03. The Bertz CT molecular complexity index is 605. The standard InChI is InChI=1S/C15H22N4O/c1-15(20)7-5-8-18(11-15)14-12(10-16-2)19-9-4-3-6-13(19)17-14/h3-4,6,9,16,20H,5,7-8,10-11H2,1-2H3. The maximum Gasteiger partial charge on any atom is 0.152 e. The second-order valence-electron chi connectivity index (χ2n) is 5.86. The molecule has 1 aliphatic heterocycles. The van der Waals surface area contributed by atoms with Gasteiger partial charge >= 0.3 is 0 Å². The first-order valence-electron chi connectivity index (χ1n) is 7.19. The molecule has 0 saturated carbocycles. The van der Waals surface area contributed by atoms with Crippen LogP contribution >= 0.6 is 0 Å². The van der Waals surface area contributed by atoms with E-state index in [0.717, 1.165) is 43.1 Å². The maximum absolute atomic E-state index is 10.3. The van der Waals surface area contributed by atoms with Crippen LogP contribution in [0.5, 0.6) is 0 Å². The van der Waals surface area contributed by atoms with E-state index in [1.807, 2.05) is 38.4 Å². The molecule has 2 aromatic rings. The molecule has 1 fully saturated rings. The summed E-state index contributed by atoms with van der Waals surface area (Å²) in [6.07, 6.45) is 3.90. The van der Waals surface area contributed by atoms with Crippen molar-refractivity contribution in [1.82, 2.24) is 14.7 Å². The van der Waals surface area contributed by atoms with Gasteiger partial charge in [-0.15, -0.1) is 0 Å². The van der Waals surface area contributed by atoms with Gasteiger partial charge in [0.1, 0.15) is 5.65 Å². The number of piperidine rings is 1. The van der Waals surface area contributed by atoms with E-state index in [0.29, 0.717) is 6.54 Å². The lowest BCUT2D eigenvalue weighted by Crippen LogP contribution is -2.46. The molecule has 2 N–H and O–H groups in total. The number of aliphatic hydroxyl groups is 1. The number of rotatable bonds is 3. The monoisotopic (exact) mass is 274 g/mol. The number of anilines is 1. The second-order valence-corrected chi connectivity index (χ2v) is 5.86. The van der Waals surface area contributed by atoms with Gasteiger partial charge in [-0.05, 0) is 38.9 Å². The van der Waals surface area contributed by atoms with Crippen LogP contribution in [-0.2, 0) is 6.54 Å². The Kier molecular flexibility index (Phi) is 3.40. The third-order valence-electron chi connectivity index (χ3n) is 3.93. The number of β-amino-alcohol motifs (C(OH)–C–C–N with tert-alkyl or cyclic N) is 1. The van der Waals surface area contributed by atoms with Gasteiger partial charge in [0.2, 0.25) is 0 Å². The van der Waals surface area contributed by atoms with E-state index in [1.165, 1.54) is 0 Å². The Hall–Kier alpha value is -1.59. The van der Waals surface area contributed by atoms with Crippen LogP contribution in [0.4, 0.5) is 5.82 Å². The van der Waals surface area contributed by atoms with Crippen molar-refractivity contribution in [2.75, 3.05) is 25.0 Å². The molecule has 0 bridgehead atoms. The van der Waals surface area contributed by atoms with Gasteiger partial charge in [-0.1, -0.05) is 6.07 Å². The van der Waals surface area contributed by atoms with Crippen LogP contribution in [0.2, 0.25) is 0 Å². The van der Waals surface area contributed by atoms with E-state index in [2.05, 4.69) is 14.6 Å². The largest absolute Gasteiger partial charge is 0.388 e. The molecule has 0 aliphatic carbocycles. The molecule has 5 nitrogen and oxygen atoms in total. The number of imidazole rings is 1. The molecule has 3 heterocycles. The van der Waals surface area contributed by atoms with Crippen molar-refractivity contribution in [1.29, 1.82) is 0 Å². The highest BCUT2D eigenvalue weighted by atomic mass is 16.3. The molecule has 1 aliphatic rings. The first kappa shape index (κ1) is 13.4. The highest BCUT2D eigenvalue weighted by molar-refractivity contribution is 5.56. The summed E-state index contributed by atoms with van der Waals surface area (Å²) in [6.45, 7) is 4.27. The summed E-state index contributed by atoms with van der Waals surface area (Å²) in [5.41, 5.74) is 1.49. The van der Waals surface area contributed by atoms with E-state index in [1.54, 1.807) is 0 Å². The van der Waals surface area contributed by atoms with Crippen LogP contribution in [0.15, 0.2) is 24.4 Å². The lowest BCUT2D eigenvalue weighted by atomic mass is 9.95. The van der Waals surface area contributed by atoms with Crippen molar-refractivity contribution in [3.05, 3.63) is 30.1 Å². The molecule has 1 unspecified atom stereocenters. The number of fused-ring (bicyclic) bond motifs is 1. The number of nitrogens with one attached hydrogen (secondary N) is 1. The zero-order valence-electron chi connectivity index (χ0n) is 12.1. The molecule has 2 aromatic heterocycles. The molecule has 0 spiro atoms. The van der Waals surface area contributed by atoms with E-state index >= 15 is 0 Å². The van der Waals surface area contributed by atoms with Crippen LogP contribution in [0.1, 0.15) is 25.5 Å². The smallest absolute Gasteiger partial charge is 0.152 e. The first-order chi connectivity index (χ1) is 9.61. The Morgan fingerprint density at radius 3 is 3.05 bits per heavy atom. The SMILES string of the molecule is CNCc1c(N2CCCC(C)(O)C2)nc2ccccn12. The zero-order chi connectivity index (χ0) is 14.2.